The Balaban J connectivity index is 1.83. The molecule has 0 fully saturated rings. The number of halogens is 1. The van der Waals surface area contributed by atoms with Gasteiger partial charge in [-0.25, -0.2) is 4.99 Å². The number of anilines is 1. The van der Waals surface area contributed by atoms with E-state index in [0.717, 1.165) is 39.8 Å². The maximum Gasteiger partial charge on any atom is 0.161 e. The molecule has 1 atom stereocenters. The highest BCUT2D eigenvalue weighted by atomic mass is 79.9. The third-order valence-electron chi connectivity index (χ3n) is 5.70. The van der Waals surface area contributed by atoms with Crippen molar-refractivity contribution in [1.82, 2.24) is 0 Å². The van der Waals surface area contributed by atoms with Gasteiger partial charge in [0.05, 0.1) is 23.2 Å². The van der Waals surface area contributed by atoms with E-state index in [-0.39, 0.29) is 5.78 Å². The molecular formula is C23H17BrN4O. The first kappa shape index (κ1) is 17.9. The van der Waals surface area contributed by atoms with Crippen molar-refractivity contribution in [2.75, 3.05) is 4.90 Å². The molecule has 0 radical (unpaired) electrons. The third-order valence-corrected chi connectivity index (χ3v) is 6.23. The van der Waals surface area contributed by atoms with Crippen LogP contribution in [0.1, 0.15) is 36.3 Å². The standard InChI is InChI=1S/C23H17BrN4O/c24-14-10-8-13(9-11-14)20-16(12-25)23-27-22(26)15-4-1-2-5-17(15)28(23)18-6-3-7-19(29)21(18)20/h1-2,4-5,8-11,20H,3,6-7H2,(H2,26,27). The van der Waals surface area contributed by atoms with Gasteiger partial charge < -0.3 is 5.73 Å². The number of amidine groups is 1. The van der Waals surface area contributed by atoms with E-state index in [0.29, 0.717) is 29.2 Å². The Bertz CT molecular complexity index is 1180. The van der Waals surface area contributed by atoms with E-state index in [1.807, 2.05) is 53.4 Å². The molecule has 29 heavy (non-hydrogen) atoms. The van der Waals surface area contributed by atoms with E-state index in [2.05, 4.69) is 27.0 Å². The third kappa shape index (κ3) is 2.65. The number of nitrogens with two attached hydrogens (primary N) is 1. The summed E-state index contributed by atoms with van der Waals surface area (Å²) in [6.45, 7) is 0. The molecule has 0 bridgehead atoms. The van der Waals surface area contributed by atoms with Crippen molar-refractivity contribution in [2.45, 2.75) is 25.2 Å². The minimum Gasteiger partial charge on any atom is -0.383 e. The van der Waals surface area contributed by atoms with E-state index in [4.69, 9.17) is 5.73 Å². The number of nitrogens with zero attached hydrogens (tertiary/aromatic N) is 3. The van der Waals surface area contributed by atoms with Gasteiger partial charge in [0.15, 0.2) is 11.6 Å². The Morgan fingerprint density at radius 3 is 2.66 bits per heavy atom. The number of ketones is 1. The van der Waals surface area contributed by atoms with Gasteiger partial charge in [-0.1, -0.05) is 40.2 Å². The summed E-state index contributed by atoms with van der Waals surface area (Å²) in [5, 5.41) is 10.1. The Morgan fingerprint density at radius 2 is 1.90 bits per heavy atom. The molecule has 1 aliphatic carbocycles. The topological polar surface area (TPSA) is 82.5 Å². The van der Waals surface area contributed by atoms with Crippen LogP contribution in [-0.4, -0.2) is 11.6 Å². The first-order chi connectivity index (χ1) is 14.1. The van der Waals surface area contributed by atoms with Gasteiger partial charge in [-0.2, -0.15) is 5.26 Å². The lowest BCUT2D eigenvalue weighted by Gasteiger charge is -2.41. The smallest absolute Gasteiger partial charge is 0.161 e. The fourth-order valence-electron chi connectivity index (χ4n) is 4.46. The maximum absolute atomic E-state index is 13.1. The number of allylic oxidation sites excluding steroid dienone is 3. The molecule has 0 saturated heterocycles. The predicted molar refractivity (Wildman–Crippen MR) is 115 cm³/mol. The first-order valence-electron chi connectivity index (χ1n) is 9.50. The summed E-state index contributed by atoms with van der Waals surface area (Å²) in [6, 6.07) is 17.9. The van der Waals surface area contributed by atoms with Crippen LogP contribution < -0.4 is 10.6 Å². The zero-order valence-electron chi connectivity index (χ0n) is 15.5. The largest absolute Gasteiger partial charge is 0.383 e. The monoisotopic (exact) mass is 444 g/mol. The van der Waals surface area contributed by atoms with Crippen molar-refractivity contribution in [1.29, 1.82) is 5.26 Å². The average Bonchev–Trinajstić information content (AvgIpc) is 2.74. The number of hydrogen-bond donors (Lipinski definition) is 1. The van der Waals surface area contributed by atoms with Crippen molar-refractivity contribution in [2.24, 2.45) is 10.7 Å². The number of fused-ring (bicyclic) bond motifs is 4. The molecule has 2 aromatic rings. The SMILES string of the molecule is N#CC1=C2N=C(N)c3ccccc3N2C2=C(C(=O)CCC2)C1c1ccc(Br)cc1. The molecule has 0 aromatic heterocycles. The van der Waals surface area contributed by atoms with E-state index >= 15 is 0 Å². The summed E-state index contributed by atoms with van der Waals surface area (Å²) in [4.78, 5) is 19.7. The minimum atomic E-state index is -0.427. The second-order valence-corrected chi connectivity index (χ2v) is 8.24. The van der Waals surface area contributed by atoms with Gasteiger partial charge in [0, 0.05) is 27.7 Å². The van der Waals surface area contributed by atoms with Crippen LogP contribution in [0.2, 0.25) is 0 Å². The van der Waals surface area contributed by atoms with Gasteiger partial charge in [-0.15, -0.1) is 0 Å². The zero-order valence-corrected chi connectivity index (χ0v) is 17.1. The summed E-state index contributed by atoms with van der Waals surface area (Å²) < 4.78 is 0.947. The van der Waals surface area contributed by atoms with E-state index in [9.17, 15) is 10.1 Å². The molecule has 3 aliphatic rings. The lowest BCUT2D eigenvalue weighted by atomic mass is 9.75. The van der Waals surface area contributed by atoms with E-state index < -0.39 is 5.92 Å². The molecule has 0 amide bonds. The number of nitriles is 1. The van der Waals surface area contributed by atoms with Crippen molar-refractivity contribution in [3.05, 3.63) is 86.8 Å². The molecule has 2 heterocycles. The Morgan fingerprint density at radius 1 is 1.14 bits per heavy atom. The molecule has 142 valence electrons. The van der Waals surface area contributed by atoms with Crippen LogP contribution in [0.3, 0.4) is 0 Å². The Labute approximate surface area is 177 Å². The number of carbonyl (C=O) groups excluding carboxylic acids is 1. The normalized spacial score (nSPS) is 20.6. The lowest BCUT2D eigenvalue weighted by Crippen LogP contribution is -2.39. The van der Waals surface area contributed by atoms with Crippen molar-refractivity contribution in [3.8, 4) is 6.07 Å². The van der Waals surface area contributed by atoms with E-state index in [1.54, 1.807) is 0 Å². The number of rotatable bonds is 1. The minimum absolute atomic E-state index is 0.103. The molecule has 1 unspecified atom stereocenters. The fourth-order valence-corrected chi connectivity index (χ4v) is 4.72. The van der Waals surface area contributed by atoms with Gasteiger partial charge in [0.2, 0.25) is 0 Å². The molecule has 0 spiro atoms. The lowest BCUT2D eigenvalue weighted by molar-refractivity contribution is -0.116. The van der Waals surface area contributed by atoms with Crippen LogP contribution in [0.25, 0.3) is 0 Å². The summed E-state index contributed by atoms with van der Waals surface area (Å²) >= 11 is 3.46. The highest BCUT2D eigenvalue weighted by Crippen LogP contribution is 2.49. The number of para-hydroxylation sites is 1. The van der Waals surface area contributed by atoms with E-state index in [1.165, 1.54) is 0 Å². The summed E-state index contributed by atoms with van der Waals surface area (Å²) in [5.41, 5.74) is 11.0. The number of Topliss-reactive ketones (excluding diaryl/α,β-unsaturated/α-hetero) is 1. The van der Waals surface area contributed by atoms with Crippen molar-refractivity contribution < 1.29 is 4.79 Å². The summed E-state index contributed by atoms with van der Waals surface area (Å²) in [5.74, 6) is 0.598. The highest BCUT2D eigenvalue weighted by Gasteiger charge is 2.42. The molecule has 5 rings (SSSR count). The molecule has 2 aliphatic heterocycles. The molecule has 2 N–H and O–H groups in total. The van der Waals surface area contributed by atoms with Gasteiger partial charge in [-0.05, 0) is 42.7 Å². The van der Waals surface area contributed by atoms with Crippen LogP contribution in [0.15, 0.2) is 80.7 Å². The van der Waals surface area contributed by atoms with Crippen molar-refractivity contribution >= 4 is 33.2 Å². The van der Waals surface area contributed by atoms with Crippen LogP contribution in [0.5, 0.6) is 0 Å². The van der Waals surface area contributed by atoms with Crippen molar-refractivity contribution in [3.63, 3.8) is 0 Å². The first-order valence-corrected chi connectivity index (χ1v) is 10.3. The molecule has 0 saturated carbocycles. The van der Waals surface area contributed by atoms with Gasteiger partial charge in [-0.3, -0.25) is 9.69 Å². The summed E-state index contributed by atoms with van der Waals surface area (Å²) in [7, 11) is 0. The highest BCUT2D eigenvalue weighted by molar-refractivity contribution is 9.10. The number of benzene rings is 2. The average molecular weight is 445 g/mol. The fraction of sp³-hybridized carbons (Fsp3) is 0.174. The van der Waals surface area contributed by atoms with Gasteiger partial charge >= 0.3 is 0 Å². The maximum atomic E-state index is 13.1. The van der Waals surface area contributed by atoms with Crippen LogP contribution >= 0.6 is 15.9 Å². The molecular weight excluding hydrogens is 428 g/mol. The number of aliphatic imine (C=N–C) groups is 1. The number of hydrogen-bond acceptors (Lipinski definition) is 5. The van der Waals surface area contributed by atoms with Crippen LogP contribution in [-0.2, 0) is 4.79 Å². The van der Waals surface area contributed by atoms with Gasteiger partial charge in [0.25, 0.3) is 0 Å². The summed E-state index contributed by atoms with van der Waals surface area (Å²) in [6.07, 6.45) is 2.05. The molecule has 6 heteroatoms. The molecule has 2 aromatic carbocycles. The second kappa shape index (κ2) is 6.71. The quantitative estimate of drug-likeness (QED) is 0.700. The zero-order chi connectivity index (χ0) is 20.1. The van der Waals surface area contributed by atoms with Gasteiger partial charge in [0.1, 0.15) is 5.84 Å². The Kier molecular flexibility index (Phi) is 4.14. The van der Waals surface area contributed by atoms with Crippen LogP contribution in [0.4, 0.5) is 5.69 Å². The molecule has 5 nitrogen and oxygen atoms in total. The predicted octanol–water partition coefficient (Wildman–Crippen LogP) is 4.51. The second-order valence-electron chi connectivity index (χ2n) is 7.32. The Hall–Kier alpha value is -3.17. The number of carbonyl (C=O) groups is 1. The van der Waals surface area contributed by atoms with Crippen LogP contribution in [0, 0.1) is 11.3 Å².